The summed E-state index contributed by atoms with van der Waals surface area (Å²) in [5.74, 6) is 0.761. The maximum atomic E-state index is 10.6. The Morgan fingerprint density at radius 2 is 1.84 bits per heavy atom. The van der Waals surface area contributed by atoms with Crippen molar-refractivity contribution in [2.24, 2.45) is 0 Å². The van der Waals surface area contributed by atoms with Gasteiger partial charge in [-0.25, -0.2) is 0 Å². The molecular weight excluding hydrogens is 314 g/mol. The van der Waals surface area contributed by atoms with Gasteiger partial charge >= 0.3 is 0 Å². The van der Waals surface area contributed by atoms with Crippen molar-refractivity contribution in [1.29, 1.82) is 0 Å². The molecule has 0 bridgehead atoms. The molecule has 0 saturated heterocycles. The van der Waals surface area contributed by atoms with Crippen LogP contribution in [-0.2, 0) is 0 Å². The molecule has 0 aliphatic heterocycles. The molecule has 0 radical (unpaired) electrons. The second kappa shape index (κ2) is 6.99. The Hall–Kier alpha value is -2.79. The standard InChI is InChI=1S/C20H21N3O2/c1-12-7-8-16(17(10-12)25-4)18-13(2)14(3)19(23-22-18)20(24)15-6-5-9-21-11-15/h5-11,20,24H,1-4H3. The fraction of sp³-hybridized carbons (Fsp3) is 0.250. The van der Waals surface area contributed by atoms with Gasteiger partial charge in [0.1, 0.15) is 11.9 Å². The first-order valence-electron chi connectivity index (χ1n) is 8.09. The lowest BCUT2D eigenvalue weighted by Gasteiger charge is -2.17. The minimum atomic E-state index is -0.853. The van der Waals surface area contributed by atoms with Crippen LogP contribution in [0, 0.1) is 20.8 Å². The molecule has 3 rings (SSSR count). The first kappa shape index (κ1) is 17.0. The number of aliphatic hydroxyl groups excluding tert-OH is 1. The number of aryl methyl sites for hydroxylation is 1. The molecule has 25 heavy (non-hydrogen) atoms. The molecule has 0 spiro atoms. The van der Waals surface area contributed by atoms with Crippen LogP contribution in [0.25, 0.3) is 11.3 Å². The van der Waals surface area contributed by atoms with E-state index < -0.39 is 6.10 Å². The third kappa shape index (κ3) is 3.23. The molecule has 0 saturated carbocycles. The molecule has 128 valence electrons. The number of hydrogen-bond acceptors (Lipinski definition) is 5. The van der Waals surface area contributed by atoms with E-state index in [9.17, 15) is 5.11 Å². The number of aliphatic hydroxyl groups is 1. The highest BCUT2D eigenvalue weighted by Gasteiger charge is 2.20. The first-order chi connectivity index (χ1) is 12.0. The van der Waals surface area contributed by atoms with Gasteiger partial charge in [0.2, 0.25) is 0 Å². The summed E-state index contributed by atoms with van der Waals surface area (Å²) in [6.45, 7) is 5.95. The van der Waals surface area contributed by atoms with Gasteiger partial charge in [-0.2, -0.15) is 5.10 Å². The molecule has 0 aliphatic rings. The highest BCUT2D eigenvalue weighted by molar-refractivity contribution is 5.71. The summed E-state index contributed by atoms with van der Waals surface area (Å²) in [6, 6.07) is 9.60. The number of rotatable bonds is 4. The number of nitrogens with zero attached hydrogens (tertiary/aromatic N) is 3. The molecule has 5 nitrogen and oxygen atoms in total. The van der Waals surface area contributed by atoms with Gasteiger partial charge in [0.05, 0.1) is 18.5 Å². The molecule has 1 aromatic carbocycles. The van der Waals surface area contributed by atoms with E-state index in [0.717, 1.165) is 33.7 Å². The molecule has 1 unspecified atom stereocenters. The van der Waals surface area contributed by atoms with Crippen molar-refractivity contribution < 1.29 is 9.84 Å². The Labute approximate surface area is 147 Å². The van der Waals surface area contributed by atoms with Crippen LogP contribution in [0.2, 0.25) is 0 Å². The van der Waals surface area contributed by atoms with E-state index in [0.29, 0.717) is 11.3 Å². The van der Waals surface area contributed by atoms with Crippen molar-refractivity contribution in [2.75, 3.05) is 7.11 Å². The van der Waals surface area contributed by atoms with Crippen molar-refractivity contribution in [3.8, 4) is 17.0 Å². The van der Waals surface area contributed by atoms with Crippen LogP contribution < -0.4 is 4.74 Å². The lowest BCUT2D eigenvalue weighted by molar-refractivity contribution is 0.212. The molecule has 0 fully saturated rings. The Morgan fingerprint density at radius 1 is 1.04 bits per heavy atom. The third-order valence-electron chi connectivity index (χ3n) is 4.43. The second-order valence-electron chi connectivity index (χ2n) is 6.08. The lowest BCUT2D eigenvalue weighted by Crippen LogP contribution is -2.09. The summed E-state index contributed by atoms with van der Waals surface area (Å²) in [4.78, 5) is 4.05. The van der Waals surface area contributed by atoms with Gasteiger partial charge in [0, 0.05) is 23.5 Å². The molecule has 2 aromatic heterocycles. The lowest BCUT2D eigenvalue weighted by atomic mass is 9.97. The summed E-state index contributed by atoms with van der Waals surface area (Å²) in [5.41, 5.74) is 5.88. The van der Waals surface area contributed by atoms with Gasteiger partial charge < -0.3 is 9.84 Å². The molecule has 0 aliphatic carbocycles. The van der Waals surface area contributed by atoms with Crippen LogP contribution in [0.4, 0.5) is 0 Å². The van der Waals surface area contributed by atoms with Crippen LogP contribution in [-0.4, -0.2) is 27.4 Å². The first-order valence-corrected chi connectivity index (χ1v) is 8.09. The average molecular weight is 335 g/mol. The topological polar surface area (TPSA) is 68.1 Å². The van der Waals surface area contributed by atoms with E-state index in [1.54, 1.807) is 25.6 Å². The van der Waals surface area contributed by atoms with Gasteiger partial charge in [0.25, 0.3) is 0 Å². The van der Waals surface area contributed by atoms with Crippen LogP contribution in [0.3, 0.4) is 0 Å². The molecule has 5 heteroatoms. The highest BCUT2D eigenvalue weighted by Crippen LogP contribution is 2.34. The zero-order chi connectivity index (χ0) is 18.0. The fourth-order valence-corrected chi connectivity index (χ4v) is 2.83. The fourth-order valence-electron chi connectivity index (χ4n) is 2.83. The monoisotopic (exact) mass is 335 g/mol. The van der Waals surface area contributed by atoms with E-state index in [2.05, 4.69) is 15.2 Å². The van der Waals surface area contributed by atoms with Gasteiger partial charge in [-0.15, -0.1) is 5.10 Å². The number of benzene rings is 1. The molecule has 1 atom stereocenters. The van der Waals surface area contributed by atoms with Crippen LogP contribution in [0.5, 0.6) is 5.75 Å². The largest absolute Gasteiger partial charge is 0.496 e. The van der Waals surface area contributed by atoms with Gasteiger partial charge in [-0.05, 0) is 55.7 Å². The average Bonchev–Trinajstić information content (AvgIpc) is 2.64. The van der Waals surface area contributed by atoms with Crippen LogP contribution in [0.15, 0.2) is 42.7 Å². The zero-order valence-electron chi connectivity index (χ0n) is 14.8. The molecule has 2 heterocycles. The number of ether oxygens (including phenoxy) is 1. The third-order valence-corrected chi connectivity index (χ3v) is 4.43. The van der Waals surface area contributed by atoms with E-state index >= 15 is 0 Å². The minimum absolute atomic E-state index is 0.542. The predicted octanol–water partition coefficient (Wildman–Crippen LogP) is 3.55. The normalized spacial score (nSPS) is 12.0. The second-order valence-corrected chi connectivity index (χ2v) is 6.08. The number of pyridine rings is 1. The van der Waals surface area contributed by atoms with Crippen molar-refractivity contribution in [3.05, 3.63) is 70.7 Å². The number of aromatic nitrogens is 3. The van der Waals surface area contributed by atoms with Crippen molar-refractivity contribution in [2.45, 2.75) is 26.9 Å². The summed E-state index contributed by atoms with van der Waals surface area (Å²) >= 11 is 0. The van der Waals surface area contributed by atoms with Gasteiger partial charge in [-0.1, -0.05) is 12.1 Å². The molecule has 3 aromatic rings. The van der Waals surface area contributed by atoms with E-state index in [1.165, 1.54) is 0 Å². The van der Waals surface area contributed by atoms with Crippen LogP contribution in [0.1, 0.15) is 34.1 Å². The molecule has 1 N–H and O–H groups in total. The Balaban J connectivity index is 2.07. The van der Waals surface area contributed by atoms with E-state index in [1.807, 2.05) is 45.0 Å². The van der Waals surface area contributed by atoms with E-state index in [4.69, 9.17) is 4.74 Å². The molecular formula is C20H21N3O2. The number of hydrogen-bond donors (Lipinski definition) is 1. The minimum Gasteiger partial charge on any atom is -0.496 e. The Kier molecular flexibility index (Phi) is 4.76. The Bertz CT molecular complexity index is 895. The van der Waals surface area contributed by atoms with Crippen LogP contribution >= 0.6 is 0 Å². The van der Waals surface area contributed by atoms with Gasteiger partial charge in [0.15, 0.2) is 0 Å². The zero-order valence-corrected chi connectivity index (χ0v) is 14.8. The maximum Gasteiger partial charge on any atom is 0.128 e. The van der Waals surface area contributed by atoms with Crippen molar-refractivity contribution in [3.63, 3.8) is 0 Å². The van der Waals surface area contributed by atoms with E-state index in [-0.39, 0.29) is 0 Å². The predicted molar refractivity (Wildman–Crippen MR) is 96.5 cm³/mol. The number of methoxy groups -OCH3 is 1. The molecule has 0 amide bonds. The SMILES string of the molecule is COc1cc(C)ccc1-c1nnc(C(O)c2cccnc2)c(C)c1C. The van der Waals surface area contributed by atoms with Crippen molar-refractivity contribution in [1.82, 2.24) is 15.2 Å². The quantitative estimate of drug-likeness (QED) is 0.789. The Morgan fingerprint density at radius 3 is 2.52 bits per heavy atom. The summed E-state index contributed by atoms with van der Waals surface area (Å²) in [7, 11) is 1.65. The van der Waals surface area contributed by atoms with Crippen molar-refractivity contribution >= 4 is 0 Å². The summed E-state index contributed by atoms with van der Waals surface area (Å²) in [5, 5.41) is 19.3. The maximum absolute atomic E-state index is 10.6. The summed E-state index contributed by atoms with van der Waals surface area (Å²) < 4.78 is 5.50. The summed E-state index contributed by atoms with van der Waals surface area (Å²) in [6.07, 6.45) is 2.46. The van der Waals surface area contributed by atoms with Gasteiger partial charge in [-0.3, -0.25) is 4.98 Å². The highest BCUT2D eigenvalue weighted by atomic mass is 16.5. The smallest absolute Gasteiger partial charge is 0.128 e.